The minimum atomic E-state index is -2.73. The van der Waals surface area contributed by atoms with E-state index in [4.69, 9.17) is 4.74 Å². The molecule has 0 spiro atoms. The van der Waals surface area contributed by atoms with Crippen LogP contribution in [0.1, 0.15) is 329 Å². The first-order chi connectivity index (χ1) is 33.6. The Bertz CT molecular complexity index is 1080. The van der Waals surface area contributed by atoms with Gasteiger partial charge in [-0.2, -0.15) is 0 Å². The van der Waals surface area contributed by atoms with E-state index in [1.54, 1.807) is 0 Å². The molecule has 0 fully saturated rings. The van der Waals surface area contributed by atoms with E-state index in [1.165, 1.54) is 193 Å². The number of carbonyl (C=O) groups is 3. The van der Waals surface area contributed by atoms with Gasteiger partial charge in [-0.1, -0.05) is 290 Å². The van der Waals surface area contributed by atoms with Gasteiger partial charge in [-0.3, -0.25) is 14.4 Å². The van der Waals surface area contributed by atoms with Crippen molar-refractivity contribution < 1.29 is 44.7 Å². The average molecular weight is 982 g/mol. The number of aliphatic hydroxyl groups is 5. The second-order valence-corrected chi connectivity index (χ2v) is 21.3. The summed E-state index contributed by atoms with van der Waals surface area (Å²) in [6.45, 7) is 5.83. The van der Waals surface area contributed by atoms with E-state index in [2.05, 4.69) is 20.8 Å². The van der Waals surface area contributed by atoms with Gasteiger partial charge in [0, 0.05) is 19.3 Å². The van der Waals surface area contributed by atoms with Crippen molar-refractivity contribution >= 4 is 17.5 Å². The van der Waals surface area contributed by atoms with Gasteiger partial charge in [-0.05, 0) is 19.3 Å². The number of unbranched alkanes of at least 4 members (excludes halogenated alkanes) is 42. The van der Waals surface area contributed by atoms with Crippen molar-refractivity contribution in [1.29, 1.82) is 0 Å². The SMILES string of the molecule is CCCCCCCCCCCCCCCCCC(=O)OC(C(=O)CCCCCCCCCCCCCCCCC)(C(=O)CCCCCCCCCCCCCCCCC)C(O)C(O)C(O)C(O)CO. The molecule has 0 aromatic heterocycles. The predicted octanol–water partition coefficient (Wildman–Crippen LogP) is 15.6. The standard InChI is InChI=1S/C60H116O9/c1-4-7-10-13-16-19-22-25-28-31-34-37-40-43-46-49-54(63)60(59(68)58(67)57(66)53(62)52-61,55(64)50-47-44-41-38-35-32-29-26-23-20-17-14-11-8-5-2)69-56(65)51-48-45-42-39-36-33-30-27-24-21-18-15-12-9-6-3/h53,57-59,61-62,66-68H,4-52H2,1-3H3. The number of aliphatic hydroxyl groups excluding tert-OH is 5. The first kappa shape index (κ1) is 67.6. The van der Waals surface area contributed by atoms with Gasteiger partial charge in [-0.25, -0.2) is 0 Å². The second-order valence-electron chi connectivity index (χ2n) is 21.3. The van der Waals surface area contributed by atoms with Crippen LogP contribution in [0.3, 0.4) is 0 Å². The summed E-state index contributed by atoms with van der Waals surface area (Å²) in [7, 11) is 0. The van der Waals surface area contributed by atoms with Gasteiger partial charge in [0.15, 0.2) is 11.6 Å². The molecule has 0 saturated heterocycles. The Kier molecular flexibility index (Phi) is 49.1. The second kappa shape index (κ2) is 50.2. The molecule has 4 atom stereocenters. The van der Waals surface area contributed by atoms with E-state index in [0.29, 0.717) is 19.3 Å². The van der Waals surface area contributed by atoms with Crippen molar-refractivity contribution in [2.75, 3.05) is 6.61 Å². The first-order valence-electron chi connectivity index (χ1n) is 30.2. The Hall–Kier alpha value is -1.39. The summed E-state index contributed by atoms with van der Waals surface area (Å²) in [5.74, 6) is -2.38. The number of esters is 1. The Morgan fingerprint density at radius 3 is 0.783 bits per heavy atom. The van der Waals surface area contributed by atoms with Crippen LogP contribution >= 0.6 is 0 Å². The summed E-state index contributed by atoms with van der Waals surface area (Å²) < 4.78 is 5.87. The molecule has 0 aliphatic carbocycles. The summed E-state index contributed by atoms with van der Waals surface area (Å²) in [5, 5.41) is 53.5. The number of hydrogen-bond acceptors (Lipinski definition) is 9. The molecule has 0 amide bonds. The van der Waals surface area contributed by atoms with Gasteiger partial charge in [0.25, 0.3) is 5.60 Å². The van der Waals surface area contributed by atoms with Gasteiger partial charge >= 0.3 is 5.97 Å². The Morgan fingerprint density at radius 2 is 0.551 bits per heavy atom. The molecule has 5 N–H and O–H groups in total. The molecule has 69 heavy (non-hydrogen) atoms. The number of rotatable bonds is 56. The number of carbonyl (C=O) groups excluding carboxylic acids is 3. The summed E-state index contributed by atoms with van der Waals surface area (Å²) in [6.07, 6.45) is 43.1. The molecule has 410 valence electrons. The van der Waals surface area contributed by atoms with E-state index in [9.17, 15) is 39.9 Å². The fraction of sp³-hybridized carbons (Fsp3) is 0.950. The van der Waals surface area contributed by atoms with Gasteiger partial charge in [-0.15, -0.1) is 0 Å². The number of ketones is 2. The van der Waals surface area contributed by atoms with Gasteiger partial charge in [0.1, 0.15) is 24.4 Å². The Labute approximate surface area is 426 Å². The van der Waals surface area contributed by atoms with Gasteiger partial charge in [0.05, 0.1) is 6.61 Å². The van der Waals surface area contributed by atoms with Crippen LogP contribution in [-0.2, 0) is 19.1 Å². The molecule has 0 aromatic carbocycles. The lowest BCUT2D eigenvalue weighted by Gasteiger charge is -2.38. The molecule has 0 aromatic rings. The molecule has 9 nitrogen and oxygen atoms in total. The third-order valence-corrected chi connectivity index (χ3v) is 14.8. The van der Waals surface area contributed by atoms with Crippen molar-refractivity contribution in [2.45, 2.75) is 359 Å². The minimum Gasteiger partial charge on any atom is -0.440 e. The third-order valence-electron chi connectivity index (χ3n) is 14.8. The summed E-state index contributed by atoms with van der Waals surface area (Å²) >= 11 is 0. The first-order valence-corrected chi connectivity index (χ1v) is 30.2. The fourth-order valence-electron chi connectivity index (χ4n) is 9.98. The van der Waals surface area contributed by atoms with Gasteiger partial charge < -0.3 is 30.3 Å². The lowest BCUT2D eigenvalue weighted by molar-refractivity contribution is -0.203. The van der Waals surface area contributed by atoms with E-state index in [1.807, 2.05) is 0 Å². The van der Waals surface area contributed by atoms with Crippen LogP contribution in [0.2, 0.25) is 0 Å². The van der Waals surface area contributed by atoms with Crippen LogP contribution in [0.5, 0.6) is 0 Å². The zero-order valence-corrected chi connectivity index (χ0v) is 45.8. The monoisotopic (exact) mass is 981 g/mol. The molecule has 0 heterocycles. The molecule has 0 rings (SSSR count). The maximum absolute atomic E-state index is 14.4. The maximum atomic E-state index is 14.4. The molecule has 0 saturated carbocycles. The lowest BCUT2D eigenvalue weighted by Crippen LogP contribution is -2.65. The lowest BCUT2D eigenvalue weighted by atomic mass is 9.78. The highest BCUT2D eigenvalue weighted by atomic mass is 16.6. The quantitative estimate of drug-likeness (QED) is 0.0227. The highest BCUT2D eigenvalue weighted by molar-refractivity contribution is 6.12. The van der Waals surface area contributed by atoms with Crippen LogP contribution < -0.4 is 0 Å². The highest BCUT2D eigenvalue weighted by Gasteiger charge is 2.57. The largest absolute Gasteiger partial charge is 0.440 e. The maximum Gasteiger partial charge on any atom is 0.307 e. The molecular weight excluding hydrogens is 865 g/mol. The highest BCUT2D eigenvalue weighted by Crippen LogP contribution is 2.31. The molecule has 4 unspecified atom stereocenters. The molecule has 9 heteroatoms. The summed E-state index contributed by atoms with van der Waals surface area (Å²) in [5.41, 5.74) is -2.73. The van der Waals surface area contributed by atoms with E-state index in [0.717, 1.165) is 77.0 Å². The van der Waals surface area contributed by atoms with Crippen LogP contribution in [-0.4, -0.2) is 79.7 Å². The molecular formula is C60H116O9. The normalized spacial score (nSPS) is 13.7. The van der Waals surface area contributed by atoms with E-state index in [-0.39, 0.29) is 19.3 Å². The van der Waals surface area contributed by atoms with Crippen LogP contribution in [0.25, 0.3) is 0 Å². The van der Waals surface area contributed by atoms with Crippen LogP contribution in [0.4, 0.5) is 0 Å². The van der Waals surface area contributed by atoms with Crippen molar-refractivity contribution in [3.63, 3.8) is 0 Å². The third kappa shape index (κ3) is 37.1. The van der Waals surface area contributed by atoms with Crippen LogP contribution in [0, 0.1) is 0 Å². The topological polar surface area (TPSA) is 162 Å². The summed E-state index contributed by atoms with van der Waals surface area (Å²) in [6, 6.07) is 0. The van der Waals surface area contributed by atoms with Crippen molar-refractivity contribution in [1.82, 2.24) is 0 Å². The van der Waals surface area contributed by atoms with Crippen LogP contribution in [0.15, 0.2) is 0 Å². The zero-order valence-electron chi connectivity index (χ0n) is 45.8. The molecule has 0 aliphatic heterocycles. The van der Waals surface area contributed by atoms with Crippen molar-refractivity contribution in [3.8, 4) is 0 Å². The summed E-state index contributed by atoms with van der Waals surface area (Å²) in [4.78, 5) is 42.4. The smallest absolute Gasteiger partial charge is 0.307 e. The van der Waals surface area contributed by atoms with E-state index >= 15 is 0 Å². The Balaban J connectivity index is 5.42. The predicted molar refractivity (Wildman–Crippen MR) is 289 cm³/mol. The van der Waals surface area contributed by atoms with Gasteiger partial charge in [0.2, 0.25) is 0 Å². The molecule has 0 radical (unpaired) electrons. The zero-order chi connectivity index (χ0) is 50.9. The fourth-order valence-corrected chi connectivity index (χ4v) is 9.98. The molecule has 0 bridgehead atoms. The van der Waals surface area contributed by atoms with Crippen molar-refractivity contribution in [3.05, 3.63) is 0 Å². The minimum absolute atomic E-state index is 0.0525. The molecule has 0 aliphatic rings. The number of Topliss-reactive ketones (excluding diaryl/α,β-unsaturated/α-hetero) is 2. The Morgan fingerprint density at radius 1 is 0.333 bits per heavy atom. The van der Waals surface area contributed by atoms with E-state index < -0.39 is 54.2 Å². The van der Waals surface area contributed by atoms with Crippen molar-refractivity contribution in [2.24, 2.45) is 0 Å². The number of ether oxygens (including phenoxy) is 1. The number of hydrogen-bond donors (Lipinski definition) is 5. The average Bonchev–Trinajstić information content (AvgIpc) is 3.35.